The molecule has 0 aliphatic heterocycles. The molecule has 1 aromatic carbocycles. The first-order chi connectivity index (χ1) is 8.65. The molecule has 0 unspecified atom stereocenters. The van der Waals surface area contributed by atoms with Crippen molar-refractivity contribution in [1.29, 1.82) is 10.5 Å². The van der Waals surface area contributed by atoms with Gasteiger partial charge >= 0.3 is 0 Å². The maximum atomic E-state index is 9.92. The van der Waals surface area contributed by atoms with Gasteiger partial charge in [-0.05, 0) is 28.1 Å². The molecule has 0 atom stereocenters. The van der Waals surface area contributed by atoms with E-state index in [2.05, 4.69) is 25.9 Å². The number of benzene rings is 1. The third kappa shape index (κ3) is 2.15. The predicted octanol–water partition coefficient (Wildman–Crippen LogP) is 2.36. The molecule has 6 heteroatoms. The minimum absolute atomic E-state index is 0.00214. The molecule has 0 spiro atoms. The van der Waals surface area contributed by atoms with Crippen molar-refractivity contribution in [3.63, 3.8) is 0 Å². The molecule has 1 aromatic heterocycles. The average molecular weight is 301 g/mol. The first kappa shape index (κ1) is 12.0. The van der Waals surface area contributed by atoms with Crippen LogP contribution in [-0.4, -0.2) is 15.1 Å². The topological polar surface area (TPSA) is 93.6 Å². The lowest BCUT2D eigenvalue weighted by atomic mass is 10.1. The Hall–Kier alpha value is -2.44. The molecule has 0 aliphatic carbocycles. The smallest absolute Gasteiger partial charge is 0.232 e. The number of aromatic hydroxyl groups is 1. The Kier molecular flexibility index (Phi) is 3.22. The van der Waals surface area contributed by atoms with E-state index in [-0.39, 0.29) is 11.6 Å². The minimum atomic E-state index is 0.00214. The van der Waals surface area contributed by atoms with Gasteiger partial charge in [0.05, 0.1) is 16.1 Å². The Morgan fingerprint density at radius 1 is 1.11 bits per heavy atom. The van der Waals surface area contributed by atoms with Crippen LogP contribution >= 0.6 is 15.9 Å². The molecular formula is C12H5BrN4O. The zero-order valence-corrected chi connectivity index (χ0v) is 10.5. The standard InChI is InChI=1S/C12H5BrN4O/c13-10-2-7(3-14)1-9(12(10)18)8-5-16-11(4-15)17-6-8/h1-2,5-6,18H. The van der Waals surface area contributed by atoms with Gasteiger partial charge in [0.2, 0.25) is 5.82 Å². The molecule has 0 saturated heterocycles. The Morgan fingerprint density at radius 2 is 1.78 bits per heavy atom. The third-order valence-corrected chi connectivity index (χ3v) is 2.86. The van der Waals surface area contributed by atoms with Gasteiger partial charge in [0.25, 0.3) is 0 Å². The average Bonchev–Trinajstić information content (AvgIpc) is 2.42. The zero-order chi connectivity index (χ0) is 13.1. The predicted molar refractivity (Wildman–Crippen MR) is 66.3 cm³/mol. The molecular weight excluding hydrogens is 296 g/mol. The maximum Gasteiger partial charge on any atom is 0.232 e. The van der Waals surface area contributed by atoms with E-state index in [9.17, 15) is 5.11 Å². The molecule has 18 heavy (non-hydrogen) atoms. The van der Waals surface area contributed by atoms with Crippen molar-refractivity contribution in [3.8, 4) is 29.0 Å². The van der Waals surface area contributed by atoms with Gasteiger partial charge in [0.1, 0.15) is 11.8 Å². The van der Waals surface area contributed by atoms with Gasteiger partial charge < -0.3 is 5.11 Å². The lowest BCUT2D eigenvalue weighted by molar-refractivity contribution is 0.474. The van der Waals surface area contributed by atoms with Crippen molar-refractivity contribution in [2.45, 2.75) is 0 Å². The number of aromatic nitrogens is 2. The van der Waals surface area contributed by atoms with Gasteiger partial charge in [-0.1, -0.05) is 0 Å². The van der Waals surface area contributed by atoms with Crippen LogP contribution in [0.1, 0.15) is 11.4 Å². The highest BCUT2D eigenvalue weighted by Crippen LogP contribution is 2.35. The van der Waals surface area contributed by atoms with Crippen LogP contribution in [0.5, 0.6) is 5.75 Å². The summed E-state index contributed by atoms with van der Waals surface area (Å²) in [6, 6.07) is 6.85. The molecule has 0 saturated carbocycles. The van der Waals surface area contributed by atoms with Crippen LogP contribution in [0.2, 0.25) is 0 Å². The van der Waals surface area contributed by atoms with E-state index < -0.39 is 0 Å². The normalized spacial score (nSPS) is 9.50. The third-order valence-electron chi connectivity index (χ3n) is 2.26. The Bertz CT molecular complexity index is 683. The number of nitrogens with zero attached hydrogens (tertiary/aromatic N) is 4. The van der Waals surface area contributed by atoms with Crippen LogP contribution in [0.25, 0.3) is 11.1 Å². The summed E-state index contributed by atoms with van der Waals surface area (Å²) in [6.07, 6.45) is 2.85. The number of nitriles is 2. The van der Waals surface area contributed by atoms with E-state index in [4.69, 9.17) is 10.5 Å². The fraction of sp³-hybridized carbons (Fsp3) is 0. The number of phenolic OH excluding ortho intramolecular Hbond substituents is 1. The summed E-state index contributed by atoms with van der Waals surface area (Å²) in [6.45, 7) is 0. The lowest BCUT2D eigenvalue weighted by Gasteiger charge is -2.06. The van der Waals surface area contributed by atoms with Gasteiger partial charge in [0, 0.05) is 23.5 Å². The van der Waals surface area contributed by atoms with Gasteiger partial charge in [0.15, 0.2) is 0 Å². The molecule has 0 fully saturated rings. The van der Waals surface area contributed by atoms with Crippen LogP contribution in [-0.2, 0) is 0 Å². The number of hydrogen-bond donors (Lipinski definition) is 1. The highest BCUT2D eigenvalue weighted by Gasteiger charge is 2.11. The van der Waals surface area contributed by atoms with Gasteiger partial charge in [-0.3, -0.25) is 0 Å². The molecule has 1 heterocycles. The second-order valence-corrected chi connectivity index (χ2v) is 4.23. The zero-order valence-electron chi connectivity index (χ0n) is 8.92. The molecule has 86 valence electrons. The first-order valence-electron chi connectivity index (χ1n) is 4.81. The van der Waals surface area contributed by atoms with Crippen LogP contribution in [0.4, 0.5) is 0 Å². The second-order valence-electron chi connectivity index (χ2n) is 3.37. The Labute approximate surface area is 111 Å². The summed E-state index contributed by atoms with van der Waals surface area (Å²) in [5.41, 5.74) is 1.37. The summed E-state index contributed by atoms with van der Waals surface area (Å²) < 4.78 is 0.418. The summed E-state index contributed by atoms with van der Waals surface area (Å²) in [4.78, 5) is 7.64. The van der Waals surface area contributed by atoms with E-state index in [1.54, 1.807) is 0 Å². The molecule has 2 rings (SSSR count). The van der Waals surface area contributed by atoms with Crippen molar-refractivity contribution in [2.75, 3.05) is 0 Å². The fourth-order valence-corrected chi connectivity index (χ4v) is 1.87. The van der Waals surface area contributed by atoms with E-state index in [1.165, 1.54) is 24.5 Å². The van der Waals surface area contributed by atoms with E-state index in [1.807, 2.05) is 12.1 Å². The first-order valence-corrected chi connectivity index (χ1v) is 5.60. The van der Waals surface area contributed by atoms with E-state index in [0.717, 1.165) is 0 Å². The van der Waals surface area contributed by atoms with E-state index >= 15 is 0 Å². The highest BCUT2D eigenvalue weighted by molar-refractivity contribution is 9.10. The molecule has 0 bridgehead atoms. The Morgan fingerprint density at radius 3 is 2.33 bits per heavy atom. The number of halogens is 1. The summed E-state index contributed by atoms with van der Waals surface area (Å²) in [5.74, 6) is 0.0519. The van der Waals surface area contributed by atoms with Crippen molar-refractivity contribution >= 4 is 15.9 Å². The molecule has 5 nitrogen and oxygen atoms in total. The molecule has 2 aromatic rings. The van der Waals surface area contributed by atoms with Crippen molar-refractivity contribution in [1.82, 2.24) is 9.97 Å². The molecule has 0 radical (unpaired) electrons. The second kappa shape index (κ2) is 4.82. The monoisotopic (exact) mass is 300 g/mol. The quantitative estimate of drug-likeness (QED) is 0.872. The number of rotatable bonds is 1. The van der Waals surface area contributed by atoms with Gasteiger partial charge in [-0.2, -0.15) is 10.5 Å². The van der Waals surface area contributed by atoms with Crippen LogP contribution in [0.3, 0.4) is 0 Å². The largest absolute Gasteiger partial charge is 0.506 e. The molecule has 0 aliphatic rings. The van der Waals surface area contributed by atoms with Crippen molar-refractivity contribution in [3.05, 3.63) is 40.4 Å². The fourth-order valence-electron chi connectivity index (χ4n) is 1.41. The number of phenols is 1. The summed E-state index contributed by atoms with van der Waals surface area (Å²) in [7, 11) is 0. The highest BCUT2D eigenvalue weighted by atomic mass is 79.9. The Balaban J connectivity index is 2.60. The van der Waals surface area contributed by atoms with Crippen LogP contribution in [0.15, 0.2) is 29.0 Å². The van der Waals surface area contributed by atoms with Crippen molar-refractivity contribution < 1.29 is 5.11 Å². The van der Waals surface area contributed by atoms with Gasteiger partial charge in [-0.15, -0.1) is 0 Å². The van der Waals surface area contributed by atoms with Crippen molar-refractivity contribution in [2.24, 2.45) is 0 Å². The summed E-state index contributed by atoms with van der Waals surface area (Å²) >= 11 is 3.17. The lowest BCUT2D eigenvalue weighted by Crippen LogP contribution is -1.90. The molecule has 0 amide bonds. The summed E-state index contributed by atoms with van der Waals surface area (Å²) in [5, 5.41) is 27.4. The maximum absolute atomic E-state index is 9.92. The minimum Gasteiger partial charge on any atom is -0.506 e. The molecule has 1 N–H and O–H groups in total. The number of hydrogen-bond acceptors (Lipinski definition) is 5. The SMILES string of the molecule is N#Cc1cc(Br)c(O)c(-c2cnc(C#N)nc2)c1. The van der Waals surface area contributed by atoms with Crippen LogP contribution in [0, 0.1) is 22.7 Å². The van der Waals surface area contributed by atoms with Gasteiger partial charge in [-0.25, -0.2) is 9.97 Å². The van der Waals surface area contributed by atoms with E-state index in [0.29, 0.717) is 21.2 Å². The van der Waals surface area contributed by atoms with Crippen LogP contribution < -0.4 is 0 Å².